The standard InChI is InChI=1S/C16H21N3O3/c20-15-5-2-7-19(15)13-4-1-3-12(9-13)10-18-16(21)14-11-17-6-8-22-14/h1,3-4,9,14,17H,2,5-8,10-11H2,(H,18,21). The first-order chi connectivity index (χ1) is 10.7. The van der Waals surface area contributed by atoms with E-state index in [4.69, 9.17) is 4.74 Å². The number of anilines is 1. The average Bonchev–Trinajstić information content (AvgIpc) is 3.00. The van der Waals surface area contributed by atoms with Gasteiger partial charge in [-0.15, -0.1) is 0 Å². The molecule has 1 atom stereocenters. The first-order valence-corrected chi connectivity index (χ1v) is 7.73. The van der Waals surface area contributed by atoms with Gasteiger partial charge in [0.1, 0.15) is 6.10 Å². The molecule has 1 unspecified atom stereocenters. The van der Waals surface area contributed by atoms with Crippen LogP contribution in [0.1, 0.15) is 18.4 Å². The minimum Gasteiger partial charge on any atom is -0.366 e. The van der Waals surface area contributed by atoms with Crippen molar-refractivity contribution < 1.29 is 14.3 Å². The number of morpholine rings is 1. The summed E-state index contributed by atoms with van der Waals surface area (Å²) in [4.78, 5) is 25.6. The molecule has 3 rings (SSSR count). The van der Waals surface area contributed by atoms with E-state index in [1.54, 1.807) is 4.90 Å². The van der Waals surface area contributed by atoms with Gasteiger partial charge in [-0.1, -0.05) is 12.1 Å². The van der Waals surface area contributed by atoms with Gasteiger partial charge >= 0.3 is 0 Å². The van der Waals surface area contributed by atoms with E-state index in [0.717, 1.165) is 30.8 Å². The van der Waals surface area contributed by atoms with Gasteiger partial charge in [0.15, 0.2) is 0 Å². The summed E-state index contributed by atoms with van der Waals surface area (Å²) < 4.78 is 5.42. The van der Waals surface area contributed by atoms with Crippen molar-refractivity contribution in [3.8, 4) is 0 Å². The van der Waals surface area contributed by atoms with E-state index < -0.39 is 6.10 Å². The number of rotatable bonds is 4. The normalized spacial score (nSPS) is 21.9. The number of nitrogens with one attached hydrogen (secondary N) is 2. The summed E-state index contributed by atoms with van der Waals surface area (Å²) in [5.41, 5.74) is 1.89. The third-order valence-corrected chi connectivity index (χ3v) is 3.98. The number of hydrogen-bond acceptors (Lipinski definition) is 4. The molecule has 0 spiro atoms. The van der Waals surface area contributed by atoms with Crippen molar-refractivity contribution in [1.82, 2.24) is 10.6 Å². The lowest BCUT2D eigenvalue weighted by molar-refractivity contribution is -0.134. The Labute approximate surface area is 129 Å². The van der Waals surface area contributed by atoms with Crippen molar-refractivity contribution >= 4 is 17.5 Å². The monoisotopic (exact) mass is 303 g/mol. The van der Waals surface area contributed by atoms with E-state index in [0.29, 0.717) is 26.1 Å². The van der Waals surface area contributed by atoms with Crippen molar-refractivity contribution in [1.29, 1.82) is 0 Å². The number of carbonyl (C=O) groups excluding carboxylic acids is 2. The predicted molar refractivity (Wildman–Crippen MR) is 82.5 cm³/mol. The second kappa shape index (κ2) is 6.89. The molecule has 2 N–H and O–H groups in total. The van der Waals surface area contributed by atoms with Gasteiger partial charge in [-0.3, -0.25) is 9.59 Å². The Balaban J connectivity index is 1.58. The van der Waals surface area contributed by atoms with Crippen LogP contribution in [-0.4, -0.2) is 44.2 Å². The maximum atomic E-state index is 12.0. The number of carbonyl (C=O) groups is 2. The lowest BCUT2D eigenvalue weighted by Crippen LogP contribution is -2.47. The summed E-state index contributed by atoms with van der Waals surface area (Å²) in [7, 11) is 0. The topological polar surface area (TPSA) is 70.7 Å². The molecule has 2 heterocycles. The molecule has 22 heavy (non-hydrogen) atoms. The number of benzene rings is 1. The Morgan fingerprint density at radius 3 is 3.09 bits per heavy atom. The predicted octanol–water partition coefficient (Wildman–Crippen LogP) is 0.418. The van der Waals surface area contributed by atoms with E-state index >= 15 is 0 Å². The van der Waals surface area contributed by atoms with Gasteiger partial charge in [0.25, 0.3) is 5.91 Å². The summed E-state index contributed by atoms with van der Waals surface area (Å²) in [5, 5.41) is 6.03. The minimum atomic E-state index is -0.419. The molecule has 2 amide bonds. The van der Waals surface area contributed by atoms with Gasteiger partial charge in [-0.25, -0.2) is 0 Å². The Bertz CT molecular complexity index is 555. The number of nitrogens with zero attached hydrogens (tertiary/aromatic N) is 1. The number of hydrogen-bond donors (Lipinski definition) is 2. The molecule has 2 aliphatic heterocycles. The second-order valence-electron chi connectivity index (χ2n) is 5.60. The van der Waals surface area contributed by atoms with Gasteiger partial charge < -0.3 is 20.3 Å². The molecule has 6 heteroatoms. The van der Waals surface area contributed by atoms with Gasteiger partial charge in [0, 0.05) is 38.3 Å². The van der Waals surface area contributed by atoms with Crippen molar-refractivity contribution in [2.45, 2.75) is 25.5 Å². The van der Waals surface area contributed by atoms with Gasteiger partial charge in [0.2, 0.25) is 5.91 Å². The molecule has 0 saturated carbocycles. The molecular weight excluding hydrogens is 282 g/mol. The van der Waals surface area contributed by atoms with Crippen LogP contribution in [0.3, 0.4) is 0 Å². The Kier molecular flexibility index (Phi) is 4.70. The van der Waals surface area contributed by atoms with E-state index in [-0.39, 0.29) is 11.8 Å². The summed E-state index contributed by atoms with van der Waals surface area (Å²) >= 11 is 0. The molecule has 1 aromatic carbocycles. The maximum Gasteiger partial charge on any atom is 0.250 e. The first kappa shape index (κ1) is 15.0. The fourth-order valence-corrected chi connectivity index (χ4v) is 2.79. The Morgan fingerprint density at radius 2 is 2.36 bits per heavy atom. The van der Waals surface area contributed by atoms with Crippen LogP contribution < -0.4 is 15.5 Å². The van der Waals surface area contributed by atoms with Crippen LogP contribution in [0.25, 0.3) is 0 Å². The smallest absolute Gasteiger partial charge is 0.250 e. The molecule has 6 nitrogen and oxygen atoms in total. The molecule has 0 aromatic heterocycles. The highest BCUT2D eigenvalue weighted by Gasteiger charge is 2.23. The fourth-order valence-electron chi connectivity index (χ4n) is 2.79. The summed E-state index contributed by atoms with van der Waals surface area (Å²) in [5.74, 6) is 0.0673. The van der Waals surface area contributed by atoms with Crippen LogP contribution in [0.15, 0.2) is 24.3 Å². The van der Waals surface area contributed by atoms with Crippen molar-refractivity contribution in [2.24, 2.45) is 0 Å². The quantitative estimate of drug-likeness (QED) is 0.845. The highest BCUT2D eigenvalue weighted by Crippen LogP contribution is 2.22. The summed E-state index contributed by atoms with van der Waals surface area (Å²) in [6.07, 6.45) is 1.11. The van der Waals surface area contributed by atoms with Gasteiger partial charge in [0.05, 0.1) is 6.61 Å². The fraction of sp³-hybridized carbons (Fsp3) is 0.500. The summed E-state index contributed by atoms with van der Waals surface area (Å²) in [6.45, 7) is 3.11. The highest BCUT2D eigenvalue weighted by atomic mass is 16.5. The number of amides is 2. The second-order valence-corrected chi connectivity index (χ2v) is 5.60. The van der Waals surface area contributed by atoms with Crippen LogP contribution in [0, 0.1) is 0 Å². The zero-order valence-electron chi connectivity index (χ0n) is 12.5. The molecule has 0 aliphatic carbocycles. The van der Waals surface area contributed by atoms with Crippen LogP contribution in [0.2, 0.25) is 0 Å². The maximum absolute atomic E-state index is 12.0. The zero-order valence-corrected chi connectivity index (χ0v) is 12.5. The lowest BCUT2D eigenvalue weighted by atomic mass is 10.2. The first-order valence-electron chi connectivity index (χ1n) is 7.73. The van der Waals surface area contributed by atoms with Crippen molar-refractivity contribution in [3.63, 3.8) is 0 Å². The van der Waals surface area contributed by atoms with Crippen LogP contribution in [0.4, 0.5) is 5.69 Å². The molecule has 0 radical (unpaired) electrons. The molecule has 2 aliphatic rings. The van der Waals surface area contributed by atoms with Crippen LogP contribution in [0.5, 0.6) is 0 Å². The third kappa shape index (κ3) is 3.45. The minimum absolute atomic E-state index is 0.102. The summed E-state index contributed by atoms with van der Waals surface area (Å²) in [6, 6.07) is 7.76. The SMILES string of the molecule is O=C(NCc1cccc(N2CCCC2=O)c1)C1CNCCO1. The zero-order chi connectivity index (χ0) is 15.4. The molecular formula is C16H21N3O3. The van der Waals surface area contributed by atoms with E-state index in [1.807, 2.05) is 24.3 Å². The Morgan fingerprint density at radius 1 is 1.45 bits per heavy atom. The van der Waals surface area contributed by atoms with Crippen LogP contribution in [-0.2, 0) is 20.9 Å². The molecule has 0 bridgehead atoms. The van der Waals surface area contributed by atoms with Crippen LogP contribution >= 0.6 is 0 Å². The lowest BCUT2D eigenvalue weighted by Gasteiger charge is -2.23. The van der Waals surface area contributed by atoms with Gasteiger partial charge in [-0.2, -0.15) is 0 Å². The molecule has 1 aromatic rings. The highest BCUT2D eigenvalue weighted by molar-refractivity contribution is 5.95. The molecule has 118 valence electrons. The van der Waals surface area contributed by atoms with E-state index in [1.165, 1.54) is 0 Å². The third-order valence-electron chi connectivity index (χ3n) is 3.98. The number of ether oxygens (including phenoxy) is 1. The molecule has 2 fully saturated rings. The molecule has 2 saturated heterocycles. The van der Waals surface area contributed by atoms with Crippen molar-refractivity contribution in [2.75, 3.05) is 31.1 Å². The van der Waals surface area contributed by atoms with E-state index in [9.17, 15) is 9.59 Å². The largest absolute Gasteiger partial charge is 0.366 e. The van der Waals surface area contributed by atoms with E-state index in [2.05, 4.69) is 10.6 Å². The average molecular weight is 303 g/mol. The Hall–Kier alpha value is -1.92. The van der Waals surface area contributed by atoms with Crippen molar-refractivity contribution in [3.05, 3.63) is 29.8 Å². The van der Waals surface area contributed by atoms with Gasteiger partial charge in [-0.05, 0) is 24.1 Å².